The smallest absolute Gasteiger partial charge is 0.289 e. The molecule has 1 rings (SSSR count). The highest BCUT2D eigenvalue weighted by molar-refractivity contribution is 5.92. The molecule has 78 valence electrons. The number of oxazole rings is 1. The summed E-state index contributed by atoms with van der Waals surface area (Å²) < 4.78 is 4.82. The fourth-order valence-corrected chi connectivity index (χ4v) is 0.875. The third kappa shape index (κ3) is 2.54. The minimum absolute atomic E-state index is 0.0184. The molecule has 3 N–H and O–H groups in total. The zero-order chi connectivity index (χ0) is 10.6. The average Bonchev–Trinajstić information content (AvgIpc) is 2.60. The van der Waals surface area contributed by atoms with Crippen LogP contribution in [0.3, 0.4) is 0 Å². The molecule has 0 aliphatic carbocycles. The molecule has 0 aliphatic heterocycles. The van der Waals surface area contributed by atoms with E-state index in [2.05, 4.69) is 10.3 Å². The van der Waals surface area contributed by atoms with Gasteiger partial charge in [0.05, 0.1) is 18.4 Å². The van der Waals surface area contributed by atoms with Crippen molar-refractivity contribution in [3.63, 3.8) is 0 Å². The van der Waals surface area contributed by atoms with Crippen LogP contribution in [0.4, 0.5) is 0 Å². The summed E-state index contributed by atoms with van der Waals surface area (Å²) in [7, 11) is 0. The van der Waals surface area contributed by atoms with Crippen molar-refractivity contribution in [1.82, 2.24) is 10.3 Å². The fourth-order valence-electron chi connectivity index (χ4n) is 0.875. The van der Waals surface area contributed by atoms with Crippen LogP contribution in [0.25, 0.3) is 0 Å². The van der Waals surface area contributed by atoms with E-state index in [0.29, 0.717) is 5.69 Å². The van der Waals surface area contributed by atoms with Gasteiger partial charge in [-0.1, -0.05) is 0 Å². The number of carbonyl (C=O) groups is 1. The first kappa shape index (κ1) is 10.7. The zero-order valence-electron chi connectivity index (χ0n) is 7.73. The van der Waals surface area contributed by atoms with Crippen LogP contribution < -0.4 is 5.32 Å². The summed E-state index contributed by atoms with van der Waals surface area (Å²) in [4.78, 5) is 15.1. The lowest BCUT2D eigenvalue weighted by Gasteiger charge is -2.07. The highest BCUT2D eigenvalue weighted by Gasteiger charge is 2.14. The van der Waals surface area contributed by atoms with Crippen molar-refractivity contribution >= 4 is 5.91 Å². The van der Waals surface area contributed by atoms with Crippen LogP contribution >= 0.6 is 0 Å². The van der Waals surface area contributed by atoms with E-state index < -0.39 is 18.6 Å². The quantitative estimate of drug-likeness (QED) is 0.583. The van der Waals surface area contributed by atoms with Gasteiger partial charge in [-0.3, -0.25) is 4.79 Å². The number of aromatic nitrogens is 1. The van der Waals surface area contributed by atoms with Gasteiger partial charge in [0.25, 0.3) is 5.91 Å². The Morgan fingerprint density at radius 1 is 1.79 bits per heavy atom. The molecule has 6 nitrogen and oxygen atoms in total. The molecule has 0 radical (unpaired) electrons. The van der Waals surface area contributed by atoms with Crippen molar-refractivity contribution < 1.29 is 19.4 Å². The lowest BCUT2D eigenvalue weighted by molar-refractivity contribution is 0.0783. The summed E-state index contributed by atoms with van der Waals surface area (Å²) in [6.07, 6.45) is 0.217. The zero-order valence-corrected chi connectivity index (χ0v) is 7.73. The van der Waals surface area contributed by atoms with Crippen molar-refractivity contribution in [2.45, 2.75) is 13.0 Å². The van der Waals surface area contributed by atoms with Gasteiger partial charge in [-0.25, -0.2) is 4.98 Å². The van der Waals surface area contributed by atoms with Crippen LogP contribution in [0.15, 0.2) is 10.8 Å². The Labute approximate surface area is 80.6 Å². The number of nitrogens with zero attached hydrogens (tertiary/aromatic N) is 1. The number of aliphatic hydroxyl groups excluding tert-OH is 2. The van der Waals surface area contributed by atoms with Crippen LogP contribution in [0.1, 0.15) is 16.2 Å². The maximum absolute atomic E-state index is 11.3. The molecule has 0 saturated heterocycles. The van der Waals surface area contributed by atoms with Crippen molar-refractivity contribution in [1.29, 1.82) is 0 Å². The van der Waals surface area contributed by atoms with Crippen molar-refractivity contribution in [2.75, 3.05) is 13.2 Å². The Morgan fingerprint density at radius 3 is 3.00 bits per heavy atom. The summed E-state index contributed by atoms with van der Waals surface area (Å²) in [5.41, 5.74) is 0.487. The lowest BCUT2D eigenvalue weighted by Crippen LogP contribution is -2.33. The van der Waals surface area contributed by atoms with E-state index in [1.165, 1.54) is 6.39 Å². The first-order valence-corrected chi connectivity index (χ1v) is 4.12. The third-order valence-electron chi connectivity index (χ3n) is 1.66. The van der Waals surface area contributed by atoms with Crippen molar-refractivity contribution in [3.8, 4) is 0 Å². The summed E-state index contributed by atoms with van der Waals surface area (Å²) >= 11 is 0. The van der Waals surface area contributed by atoms with Gasteiger partial charge in [-0.05, 0) is 6.92 Å². The Hall–Kier alpha value is -1.40. The van der Waals surface area contributed by atoms with E-state index in [9.17, 15) is 4.79 Å². The van der Waals surface area contributed by atoms with Crippen LogP contribution in [0.2, 0.25) is 0 Å². The molecule has 1 unspecified atom stereocenters. The van der Waals surface area contributed by atoms with E-state index in [1.807, 2.05) is 0 Å². The van der Waals surface area contributed by atoms with E-state index >= 15 is 0 Å². The Bertz CT molecular complexity index is 310. The van der Waals surface area contributed by atoms with Crippen LogP contribution in [0.5, 0.6) is 0 Å². The molecule has 1 heterocycles. The monoisotopic (exact) mass is 200 g/mol. The number of aliphatic hydroxyl groups is 2. The molecule has 1 aromatic heterocycles. The number of aryl methyl sites for hydroxylation is 1. The van der Waals surface area contributed by atoms with Gasteiger partial charge in [-0.2, -0.15) is 0 Å². The van der Waals surface area contributed by atoms with E-state index in [4.69, 9.17) is 14.6 Å². The molecule has 14 heavy (non-hydrogen) atoms. The van der Waals surface area contributed by atoms with E-state index in [1.54, 1.807) is 6.92 Å². The van der Waals surface area contributed by atoms with E-state index in [0.717, 1.165) is 0 Å². The predicted molar refractivity (Wildman–Crippen MR) is 46.7 cm³/mol. The van der Waals surface area contributed by atoms with Crippen LogP contribution in [-0.2, 0) is 0 Å². The summed E-state index contributed by atoms with van der Waals surface area (Å²) in [5.74, 6) is -0.331. The highest BCUT2D eigenvalue weighted by atomic mass is 16.3. The Balaban J connectivity index is 2.47. The van der Waals surface area contributed by atoms with Gasteiger partial charge >= 0.3 is 0 Å². The average molecular weight is 200 g/mol. The second kappa shape index (κ2) is 4.73. The molecule has 1 amide bonds. The predicted octanol–water partition coefficient (Wildman–Crippen LogP) is -0.934. The van der Waals surface area contributed by atoms with Gasteiger partial charge < -0.3 is 19.9 Å². The number of hydrogen-bond acceptors (Lipinski definition) is 5. The molecule has 0 aromatic carbocycles. The molecule has 0 bridgehead atoms. The van der Waals surface area contributed by atoms with E-state index in [-0.39, 0.29) is 12.3 Å². The van der Waals surface area contributed by atoms with Gasteiger partial charge in [0.2, 0.25) is 5.76 Å². The maximum atomic E-state index is 11.3. The number of nitrogens with one attached hydrogen (secondary N) is 1. The van der Waals surface area contributed by atoms with Crippen LogP contribution in [-0.4, -0.2) is 40.4 Å². The molecule has 0 aliphatic rings. The topological polar surface area (TPSA) is 95.6 Å². The minimum atomic E-state index is -0.956. The normalized spacial score (nSPS) is 12.5. The summed E-state index contributed by atoms with van der Waals surface area (Å²) in [5, 5.41) is 19.9. The molecule has 6 heteroatoms. The SMILES string of the molecule is Cc1ncoc1C(=O)NCC(O)CO. The van der Waals surface area contributed by atoms with Gasteiger partial charge in [-0.15, -0.1) is 0 Å². The fraction of sp³-hybridized carbons (Fsp3) is 0.500. The highest BCUT2D eigenvalue weighted by Crippen LogP contribution is 2.03. The third-order valence-corrected chi connectivity index (χ3v) is 1.66. The summed E-state index contributed by atoms with van der Waals surface area (Å²) in [6.45, 7) is 1.23. The molecule has 1 aromatic rings. The second-order valence-electron chi connectivity index (χ2n) is 2.81. The number of carbonyl (C=O) groups excluding carboxylic acids is 1. The standard InChI is InChI=1S/C8H12N2O4/c1-5-7(14-4-10-5)8(13)9-2-6(12)3-11/h4,6,11-12H,2-3H2,1H3,(H,9,13). The Kier molecular flexibility index (Phi) is 3.61. The largest absolute Gasteiger partial charge is 0.438 e. The van der Waals surface area contributed by atoms with Crippen molar-refractivity contribution in [2.24, 2.45) is 0 Å². The molecule has 0 spiro atoms. The molecular formula is C8H12N2O4. The van der Waals surface area contributed by atoms with Gasteiger partial charge in [0, 0.05) is 6.54 Å². The second-order valence-corrected chi connectivity index (χ2v) is 2.81. The molecule has 1 atom stereocenters. The van der Waals surface area contributed by atoms with Gasteiger partial charge in [0.15, 0.2) is 6.39 Å². The minimum Gasteiger partial charge on any atom is -0.438 e. The molecular weight excluding hydrogens is 188 g/mol. The Morgan fingerprint density at radius 2 is 2.50 bits per heavy atom. The lowest BCUT2D eigenvalue weighted by atomic mass is 10.3. The number of rotatable bonds is 4. The van der Waals surface area contributed by atoms with Crippen molar-refractivity contribution in [3.05, 3.63) is 17.8 Å². The number of hydrogen-bond donors (Lipinski definition) is 3. The first-order valence-electron chi connectivity index (χ1n) is 4.12. The summed E-state index contributed by atoms with van der Waals surface area (Å²) in [6, 6.07) is 0. The van der Waals surface area contributed by atoms with Gasteiger partial charge in [0.1, 0.15) is 0 Å². The molecule has 0 fully saturated rings. The first-order chi connectivity index (χ1) is 6.65. The molecule has 0 saturated carbocycles. The number of amides is 1. The maximum Gasteiger partial charge on any atom is 0.289 e. The van der Waals surface area contributed by atoms with Crippen LogP contribution in [0, 0.1) is 6.92 Å².